The molecular formula is C21H27N3O2. The van der Waals surface area contributed by atoms with E-state index in [4.69, 9.17) is 4.74 Å². The lowest BCUT2D eigenvalue weighted by Gasteiger charge is -2.23. The molecule has 0 radical (unpaired) electrons. The first-order chi connectivity index (χ1) is 12.6. The molecule has 1 saturated heterocycles. The van der Waals surface area contributed by atoms with Gasteiger partial charge in [0.1, 0.15) is 12.4 Å². The minimum atomic E-state index is -0.121. The summed E-state index contributed by atoms with van der Waals surface area (Å²) >= 11 is 0. The summed E-state index contributed by atoms with van der Waals surface area (Å²) in [6.45, 7) is 5.12. The first-order valence-electron chi connectivity index (χ1n) is 9.19. The molecule has 5 heteroatoms. The number of nitrogens with one attached hydrogen (secondary N) is 1. The van der Waals surface area contributed by atoms with Gasteiger partial charge in [-0.3, -0.25) is 0 Å². The van der Waals surface area contributed by atoms with Crippen LogP contribution in [0.1, 0.15) is 18.4 Å². The van der Waals surface area contributed by atoms with E-state index in [1.807, 2.05) is 49.4 Å². The fourth-order valence-electron chi connectivity index (χ4n) is 3.06. The first kappa shape index (κ1) is 18.1. The molecule has 0 bridgehead atoms. The van der Waals surface area contributed by atoms with Gasteiger partial charge in [-0.25, -0.2) is 4.79 Å². The minimum absolute atomic E-state index is 0.121. The Kier molecular flexibility index (Phi) is 6.00. The molecule has 2 aromatic carbocycles. The van der Waals surface area contributed by atoms with E-state index in [-0.39, 0.29) is 6.03 Å². The molecule has 3 rings (SSSR count). The maximum absolute atomic E-state index is 12.5. The van der Waals surface area contributed by atoms with Gasteiger partial charge in [0.05, 0.1) is 17.9 Å². The number of hydrogen-bond donors (Lipinski definition) is 1. The van der Waals surface area contributed by atoms with Crippen LogP contribution in [0.5, 0.6) is 5.75 Å². The number of anilines is 2. The fraction of sp³-hybridized carbons (Fsp3) is 0.381. The predicted octanol–water partition coefficient (Wildman–Crippen LogP) is 4.14. The van der Waals surface area contributed by atoms with Gasteiger partial charge in [0.15, 0.2) is 0 Å². The molecule has 5 nitrogen and oxygen atoms in total. The monoisotopic (exact) mass is 353 g/mol. The smallest absolute Gasteiger partial charge is 0.321 e. The third kappa shape index (κ3) is 4.69. The van der Waals surface area contributed by atoms with Gasteiger partial charge in [0, 0.05) is 20.1 Å². The van der Waals surface area contributed by atoms with Crippen molar-refractivity contribution < 1.29 is 9.53 Å². The van der Waals surface area contributed by atoms with E-state index in [2.05, 4.69) is 16.3 Å². The van der Waals surface area contributed by atoms with Crippen molar-refractivity contribution in [3.8, 4) is 5.75 Å². The van der Waals surface area contributed by atoms with Crippen molar-refractivity contribution in [2.75, 3.05) is 43.5 Å². The van der Waals surface area contributed by atoms with Crippen molar-refractivity contribution in [1.29, 1.82) is 0 Å². The third-order valence-corrected chi connectivity index (χ3v) is 4.66. The van der Waals surface area contributed by atoms with Gasteiger partial charge in [0.2, 0.25) is 0 Å². The topological polar surface area (TPSA) is 44.8 Å². The van der Waals surface area contributed by atoms with E-state index in [0.717, 1.165) is 30.2 Å². The Labute approximate surface area is 155 Å². The summed E-state index contributed by atoms with van der Waals surface area (Å²) in [4.78, 5) is 16.5. The maximum atomic E-state index is 12.5. The largest absolute Gasteiger partial charge is 0.492 e. The first-order valence-corrected chi connectivity index (χ1v) is 9.19. The molecule has 26 heavy (non-hydrogen) atoms. The Morgan fingerprint density at radius 1 is 1.12 bits per heavy atom. The van der Waals surface area contributed by atoms with Crippen molar-refractivity contribution in [1.82, 2.24) is 4.90 Å². The summed E-state index contributed by atoms with van der Waals surface area (Å²) in [6, 6.07) is 15.8. The molecule has 2 amide bonds. The molecule has 0 aliphatic carbocycles. The number of urea groups is 1. The van der Waals surface area contributed by atoms with Crippen LogP contribution in [0.2, 0.25) is 0 Å². The molecule has 0 aromatic heterocycles. The van der Waals surface area contributed by atoms with Gasteiger partial charge in [0.25, 0.3) is 0 Å². The van der Waals surface area contributed by atoms with Gasteiger partial charge in [-0.05, 0) is 44.0 Å². The standard InChI is InChI=1S/C21H27N3O2/c1-17-9-11-18(12-10-17)26-16-15-23(2)21(25)22-19-7-3-4-8-20(19)24-13-5-6-14-24/h3-4,7-12H,5-6,13-16H2,1-2H3,(H,22,25). The zero-order chi connectivity index (χ0) is 18.4. The number of benzene rings is 2. The van der Waals surface area contributed by atoms with Crippen molar-refractivity contribution in [3.05, 3.63) is 54.1 Å². The van der Waals surface area contributed by atoms with Crippen LogP contribution >= 0.6 is 0 Å². The van der Waals surface area contributed by atoms with Gasteiger partial charge >= 0.3 is 6.03 Å². The molecule has 1 N–H and O–H groups in total. The molecule has 1 aliphatic rings. The zero-order valence-electron chi connectivity index (χ0n) is 15.6. The highest BCUT2D eigenvalue weighted by Gasteiger charge is 2.17. The molecule has 0 atom stereocenters. The van der Waals surface area contributed by atoms with Gasteiger partial charge in [-0.2, -0.15) is 0 Å². The Bertz CT molecular complexity index is 724. The molecular weight excluding hydrogens is 326 g/mol. The highest BCUT2D eigenvalue weighted by atomic mass is 16.5. The van der Waals surface area contributed by atoms with Crippen LogP contribution in [0.15, 0.2) is 48.5 Å². The number of likely N-dealkylation sites (N-methyl/N-ethyl adjacent to an activating group) is 1. The third-order valence-electron chi connectivity index (χ3n) is 4.66. The lowest BCUT2D eigenvalue weighted by Crippen LogP contribution is -2.35. The number of ether oxygens (including phenoxy) is 1. The van der Waals surface area contributed by atoms with Crippen LogP contribution in [0.4, 0.5) is 16.2 Å². The number of nitrogens with zero attached hydrogens (tertiary/aromatic N) is 2. The highest BCUT2D eigenvalue weighted by Crippen LogP contribution is 2.28. The van der Waals surface area contributed by atoms with Crippen molar-refractivity contribution in [2.24, 2.45) is 0 Å². The summed E-state index contributed by atoms with van der Waals surface area (Å²) < 4.78 is 5.71. The molecule has 1 fully saturated rings. The number of rotatable bonds is 6. The SMILES string of the molecule is Cc1ccc(OCCN(C)C(=O)Nc2ccccc2N2CCCC2)cc1. The van der Waals surface area contributed by atoms with Crippen molar-refractivity contribution in [3.63, 3.8) is 0 Å². The minimum Gasteiger partial charge on any atom is -0.492 e. The fourth-order valence-corrected chi connectivity index (χ4v) is 3.06. The van der Waals surface area contributed by atoms with E-state index in [0.29, 0.717) is 13.2 Å². The number of carbonyl (C=O) groups excluding carboxylic acids is 1. The number of para-hydroxylation sites is 2. The molecule has 0 spiro atoms. The summed E-state index contributed by atoms with van der Waals surface area (Å²) in [6.07, 6.45) is 2.41. The summed E-state index contributed by atoms with van der Waals surface area (Å²) in [7, 11) is 1.78. The Morgan fingerprint density at radius 3 is 2.54 bits per heavy atom. The number of amides is 2. The molecule has 2 aromatic rings. The van der Waals surface area contributed by atoms with Crippen LogP contribution in [0.3, 0.4) is 0 Å². The highest BCUT2D eigenvalue weighted by molar-refractivity contribution is 5.93. The molecule has 1 aliphatic heterocycles. The van der Waals surface area contributed by atoms with Gasteiger partial charge in [-0.1, -0.05) is 29.8 Å². The summed E-state index contributed by atoms with van der Waals surface area (Å²) in [5, 5.41) is 3.03. The zero-order valence-corrected chi connectivity index (χ0v) is 15.6. The number of hydrogen-bond acceptors (Lipinski definition) is 3. The molecule has 1 heterocycles. The van der Waals surface area contributed by atoms with Crippen molar-refractivity contribution >= 4 is 17.4 Å². The second-order valence-corrected chi connectivity index (χ2v) is 6.72. The maximum Gasteiger partial charge on any atom is 0.321 e. The Hall–Kier alpha value is -2.69. The molecule has 0 unspecified atom stereocenters. The van der Waals surface area contributed by atoms with E-state index in [1.54, 1.807) is 11.9 Å². The van der Waals surface area contributed by atoms with Gasteiger partial charge in [-0.15, -0.1) is 0 Å². The number of aryl methyl sites for hydroxylation is 1. The quantitative estimate of drug-likeness (QED) is 0.849. The normalized spacial score (nSPS) is 13.5. The lowest BCUT2D eigenvalue weighted by molar-refractivity contribution is 0.207. The van der Waals surface area contributed by atoms with Crippen molar-refractivity contribution in [2.45, 2.75) is 19.8 Å². The van der Waals surface area contributed by atoms with Crippen LogP contribution in [-0.2, 0) is 0 Å². The average Bonchev–Trinajstić information content (AvgIpc) is 3.18. The average molecular weight is 353 g/mol. The van der Waals surface area contributed by atoms with Crippen LogP contribution in [0.25, 0.3) is 0 Å². The summed E-state index contributed by atoms with van der Waals surface area (Å²) in [5.41, 5.74) is 3.17. The van der Waals surface area contributed by atoms with E-state index >= 15 is 0 Å². The van der Waals surface area contributed by atoms with E-state index in [9.17, 15) is 4.79 Å². The van der Waals surface area contributed by atoms with Crippen LogP contribution < -0.4 is 15.0 Å². The van der Waals surface area contributed by atoms with Crippen LogP contribution in [0, 0.1) is 6.92 Å². The predicted molar refractivity (Wildman–Crippen MR) is 106 cm³/mol. The lowest BCUT2D eigenvalue weighted by atomic mass is 10.2. The molecule has 0 saturated carbocycles. The number of carbonyl (C=O) groups is 1. The van der Waals surface area contributed by atoms with E-state index < -0.39 is 0 Å². The Balaban J connectivity index is 1.52. The molecule has 138 valence electrons. The second-order valence-electron chi connectivity index (χ2n) is 6.72. The Morgan fingerprint density at radius 2 is 1.81 bits per heavy atom. The van der Waals surface area contributed by atoms with Gasteiger partial charge < -0.3 is 19.9 Å². The van der Waals surface area contributed by atoms with Crippen LogP contribution in [-0.4, -0.2) is 44.2 Å². The summed E-state index contributed by atoms with van der Waals surface area (Å²) in [5.74, 6) is 0.823. The second kappa shape index (κ2) is 8.61. The van der Waals surface area contributed by atoms with E-state index in [1.165, 1.54) is 18.4 Å².